The van der Waals surface area contributed by atoms with Crippen molar-refractivity contribution in [3.8, 4) is 0 Å². The van der Waals surface area contributed by atoms with Gasteiger partial charge in [0.25, 0.3) is 0 Å². The summed E-state index contributed by atoms with van der Waals surface area (Å²) in [5.41, 5.74) is 3.44. The van der Waals surface area contributed by atoms with Crippen molar-refractivity contribution in [2.24, 2.45) is 17.3 Å². The van der Waals surface area contributed by atoms with E-state index in [0.29, 0.717) is 11.8 Å². The Bertz CT molecular complexity index is 606. The normalized spacial score (nSPS) is 37.0. The van der Waals surface area contributed by atoms with Gasteiger partial charge in [-0.1, -0.05) is 64.0 Å². The van der Waals surface area contributed by atoms with Crippen LogP contribution >= 0.6 is 0 Å². The molecule has 0 radical (unpaired) electrons. The van der Waals surface area contributed by atoms with Gasteiger partial charge in [0, 0.05) is 5.92 Å². The number of allylic oxidation sites excluding steroid dienone is 3. The van der Waals surface area contributed by atoms with E-state index in [2.05, 4.69) is 37.4 Å². The van der Waals surface area contributed by atoms with E-state index in [1.165, 1.54) is 11.1 Å². The number of hydrogen-bond donors (Lipinski definition) is 3. The maximum atomic E-state index is 11.6. The molecular formula is C26H47NO2. The number of fused-ring (bicyclic) bond motifs is 4. The van der Waals surface area contributed by atoms with Crippen molar-refractivity contribution in [2.45, 2.75) is 98.2 Å². The van der Waals surface area contributed by atoms with Crippen molar-refractivity contribution in [1.82, 2.24) is 5.32 Å². The first-order chi connectivity index (χ1) is 13.8. The molecule has 0 aliphatic heterocycles. The highest BCUT2D eigenvalue weighted by Crippen LogP contribution is 2.58. The van der Waals surface area contributed by atoms with E-state index in [1.54, 1.807) is 0 Å². The summed E-state index contributed by atoms with van der Waals surface area (Å²) in [6, 6.07) is 0. The monoisotopic (exact) mass is 405 g/mol. The van der Waals surface area contributed by atoms with Gasteiger partial charge in [-0.05, 0) is 82.9 Å². The average molecular weight is 406 g/mol. The molecule has 3 heteroatoms. The molecule has 1 saturated carbocycles. The Kier molecular flexibility index (Phi) is 10.3. The van der Waals surface area contributed by atoms with Gasteiger partial charge < -0.3 is 15.5 Å². The lowest BCUT2D eigenvalue weighted by molar-refractivity contribution is -0.0380. The van der Waals surface area contributed by atoms with Crippen molar-refractivity contribution in [3.05, 3.63) is 34.9 Å². The minimum Gasteiger partial charge on any atom is -0.393 e. The zero-order valence-corrected chi connectivity index (χ0v) is 20.3. The smallest absolute Gasteiger partial charge is 0.0933 e. The number of nitrogens with one attached hydrogen (secondary N) is 1. The lowest BCUT2D eigenvalue weighted by atomic mass is 9.59. The first-order valence-corrected chi connectivity index (χ1v) is 11.9. The molecule has 4 unspecified atom stereocenters. The van der Waals surface area contributed by atoms with Crippen LogP contribution in [0.1, 0.15) is 86.5 Å². The minimum absolute atomic E-state index is 0.131. The van der Waals surface area contributed by atoms with Crippen LogP contribution in [0.4, 0.5) is 0 Å². The highest BCUT2D eigenvalue weighted by atomic mass is 16.3. The van der Waals surface area contributed by atoms with Crippen LogP contribution in [0, 0.1) is 17.3 Å². The van der Waals surface area contributed by atoms with Crippen molar-refractivity contribution >= 4 is 0 Å². The summed E-state index contributed by atoms with van der Waals surface area (Å²) in [7, 11) is 3.75. The summed E-state index contributed by atoms with van der Waals surface area (Å²) < 4.78 is 0. The van der Waals surface area contributed by atoms with Gasteiger partial charge in [-0.25, -0.2) is 0 Å². The Hall–Kier alpha value is -0.900. The molecule has 1 fully saturated rings. The molecule has 0 bridgehead atoms. The van der Waals surface area contributed by atoms with Gasteiger partial charge in [-0.3, -0.25) is 0 Å². The molecule has 29 heavy (non-hydrogen) atoms. The highest BCUT2D eigenvalue weighted by molar-refractivity contribution is 5.43. The van der Waals surface area contributed by atoms with E-state index >= 15 is 0 Å². The number of aliphatic hydroxyl groups is 2. The third-order valence-electron chi connectivity index (χ3n) is 7.21. The molecule has 3 N–H and O–H groups in total. The van der Waals surface area contributed by atoms with Gasteiger partial charge in [0.15, 0.2) is 0 Å². The molecule has 0 aromatic rings. The fourth-order valence-electron chi connectivity index (χ4n) is 5.51. The maximum absolute atomic E-state index is 11.6. The van der Waals surface area contributed by atoms with Gasteiger partial charge in [-0.15, -0.1) is 0 Å². The summed E-state index contributed by atoms with van der Waals surface area (Å²) >= 11 is 0. The molecule has 168 valence electrons. The van der Waals surface area contributed by atoms with Crippen LogP contribution in [0.2, 0.25) is 0 Å². The van der Waals surface area contributed by atoms with E-state index in [0.717, 1.165) is 50.5 Å². The van der Waals surface area contributed by atoms with Crippen LogP contribution in [-0.4, -0.2) is 36.0 Å². The van der Waals surface area contributed by atoms with Crippen molar-refractivity contribution in [1.29, 1.82) is 0 Å². The van der Waals surface area contributed by atoms with Gasteiger partial charge in [-0.2, -0.15) is 0 Å². The Labute approximate surface area is 180 Å². The molecule has 0 spiro atoms. The standard InChI is InChI=1S/C20H28O2.C2H7N.2C2H6/c1-13-3-6-18-19(13,2)9-8-16-11-15-12-17(21)5-4-14(15)7-10-20(16,18)22;1-3-2;2*1-2/h3,8,11,14,17-18,21-22H,4-7,9-10,12H2,1-2H3;3H,1-2H3;2*1-2H3/t14?,17?,18?,19?,20-;;;/m1.../s1. The Morgan fingerprint density at radius 1 is 1.03 bits per heavy atom. The van der Waals surface area contributed by atoms with Gasteiger partial charge in [0.2, 0.25) is 0 Å². The molecule has 4 aliphatic rings. The van der Waals surface area contributed by atoms with Crippen molar-refractivity contribution in [2.75, 3.05) is 14.1 Å². The van der Waals surface area contributed by atoms with Gasteiger partial charge in [0.1, 0.15) is 0 Å². The van der Waals surface area contributed by atoms with Crippen LogP contribution in [-0.2, 0) is 0 Å². The minimum atomic E-state index is -0.670. The third-order valence-corrected chi connectivity index (χ3v) is 7.21. The summed E-state index contributed by atoms with van der Waals surface area (Å²) in [5, 5.41) is 24.4. The van der Waals surface area contributed by atoms with E-state index in [1.807, 2.05) is 41.8 Å². The SMILES string of the molecule is CC.CC.CC1=CCC2C1(C)CC=C1C=C3CC(O)CCC3CC[C@@]12O.CNC. The van der Waals surface area contributed by atoms with E-state index < -0.39 is 5.60 Å². The lowest BCUT2D eigenvalue weighted by Gasteiger charge is -2.48. The summed E-state index contributed by atoms with van der Waals surface area (Å²) in [6.07, 6.45) is 13.5. The zero-order valence-electron chi connectivity index (χ0n) is 20.3. The molecule has 0 aromatic carbocycles. The number of aliphatic hydroxyl groups excluding tert-OH is 1. The van der Waals surface area contributed by atoms with Crippen molar-refractivity contribution < 1.29 is 10.2 Å². The average Bonchev–Trinajstić information content (AvgIpc) is 2.95. The topological polar surface area (TPSA) is 52.5 Å². The van der Waals surface area contributed by atoms with Gasteiger partial charge >= 0.3 is 0 Å². The Balaban J connectivity index is 0.000000540. The summed E-state index contributed by atoms with van der Waals surface area (Å²) in [4.78, 5) is 0. The summed E-state index contributed by atoms with van der Waals surface area (Å²) in [6.45, 7) is 12.6. The highest BCUT2D eigenvalue weighted by Gasteiger charge is 2.54. The first-order valence-electron chi connectivity index (χ1n) is 11.9. The summed E-state index contributed by atoms with van der Waals surface area (Å²) in [5.74, 6) is 0.891. The fraction of sp³-hybridized carbons (Fsp3) is 0.769. The molecule has 5 atom stereocenters. The van der Waals surface area contributed by atoms with Gasteiger partial charge in [0.05, 0.1) is 11.7 Å². The van der Waals surface area contributed by atoms with E-state index in [-0.39, 0.29) is 11.5 Å². The maximum Gasteiger partial charge on any atom is 0.0933 e. The fourth-order valence-corrected chi connectivity index (χ4v) is 5.51. The lowest BCUT2D eigenvalue weighted by Crippen LogP contribution is -2.48. The predicted molar refractivity (Wildman–Crippen MR) is 126 cm³/mol. The van der Waals surface area contributed by atoms with Crippen LogP contribution in [0.25, 0.3) is 0 Å². The molecule has 0 amide bonds. The quantitative estimate of drug-likeness (QED) is 0.447. The second-order valence-electron chi connectivity index (χ2n) is 8.77. The largest absolute Gasteiger partial charge is 0.393 e. The zero-order chi connectivity index (χ0) is 22.2. The Morgan fingerprint density at radius 3 is 2.28 bits per heavy atom. The molecule has 4 rings (SSSR count). The second kappa shape index (κ2) is 11.5. The molecular weight excluding hydrogens is 358 g/mol. The Morgan fingerprint density at radius 2 is 1.66 bits per heavy atom. The molecule has 0 aromatic heterocycles. The molecule has 0 heterocycles. The van der Waals surface area contributed by atoms with Crippen LogP contribution in [0.15, 0.2) is 34.9 Å². The molecule has 3 nitrogen and oxygen atoms in total. The van der Waals surface area contributed by atoms with Crippen LogP contribution in [0.5, 0.6) is 0 Å². The molecule has 0 saturated heterocycles. The number of rotatable bonds is 0. The second-order valence-corrected chi connectivity index (χ2v) is 8.77. The van der Waals surface area contributed by atoms with E-state index in [9.17, 15) is 10.2 Å². The third kappa shape index (κ3) is 5.24. The first kappa shape index (κ1) is 26.1. The van der Waals surface area contributed by atoms with E-state index in [4.69, 9.17) is 0 Å². The number of hydrogen-bond acceptors (Lipinski definition) is 3. The predicted octanol–water partition coefficient (Wildman–Crippen LogP) is 5.79. The molecule has 4 aliphatic carbocycles. The van der Waals surface area contributed by atoms with Crippen LogP contribution in [0.3, 0.4) is 0 Å². The van der Waals surface area contributed by atoms with Crippen LogP contribution < -0.4 is 5.32 Å². The van der Waals surface area contributed by atoms with Crippen molar-refractivity contribution in [3.63, 3.8) is 0 Å².